The minimum Gasteiger partial charge on any atom is -0.493 e. The third-order valence-corrected chi connectivity index (χ3v) is 4.38. The maximum Gasteiger partial charge on any atom is 0.171 e. The lowest BCUT2D eigenvalue weighted by Gasteiger charge is -2.22. The van der Waals surface area contributed by atoms with Gasteiger partial charge in [0.1, 0.15) is 0 Å². The van der Waals surface area contributed by atoms with E-state index in [0.717, 1.165) is 29.0 Å². The van der Waals surface area contributed by atoms with Crippen molar-refractivity contribution in [1.29, 1.82) is 0 Å². The predicted molar refractivity (Wildman–Crippen MR) is 108 cm³/mol. The van der Waals surface area contributed by atoms with Gasteiger partial charge in [0.25, 0.3) is 0 Å². The average Bonchev–Trinajstić information content (AvgIpc) is 2.62. The van der Waals surface area contributed by atoms with Gasteiger partial charge in [0.05, 0.1) is 20.3 Å². The third-order valence-electron chi connectivity index (χ3n) is 4.16. The van der Waals surface area contributed by atoms with Crippen LogP contribution in [0.25, 0.3) is 0 Å². The van der Waals surface area contributed by atoms with Crippen LogP contribution in [-0.2, 0) is 0 Å². The molecule has 25 heavy (non-hydrogen) atoms. The van der Waals surface area contributed by atoms with Crippen LogP contribution in [0.5, 0.6) is 11.5 Å². The van der Waals surface area contributed by atoms with Crippen LogP contribution in [0.3, 0.4) is 0 Å². The molecule has 4 nitrogen and oxygen atoms in total. The zero-order valence-electron chi connectivity index (χ0n) is 15.5. The van der Waals surface area contributed by atoms with Gasteiger partial charge in [-0.15, -0.1) is 0 Å². The third kappa shape index (κ3) is 4.86. The van der Waals surface area contributed by atoms with Gasteiger partial charge in [-0.25, -0.2) is 0 Å². The molecule has 2 N–H and O–H groups in total. The predicted octanol–water partition coefficient (Wildman–Crippen LogP) is 4.76. The van der Waals surface area contributed by atoms with Gasteiger partial charge in [0.2, 0.25) is 0 Å². The standard InChI is InChI=1S/C20H26N2O2S/c1-6-16(15-9-10-18(23-4)19(12-15)24-5)21-20(25)22-17-11-13(2)7-8-14(17)3/h7-12,16H,6H2,1-5H3,(H2,21,22,25)/t16-/m0/s1. The van der Waals surface area contributed by atoms with Crippen molar-refractivity contribution in [3.8, 4) is 11.5 Å². The fraction of sp³-hybridized carbons (Fsp3) is 0.350. The van der Waals surface area contributed by atoms with Crippen LogP contribution in [-0.4, -0.2) is 19.3 Å². The van der Waals surface area contributed by atoms with Crippen molar-refractivity contribution in [3.05, 3.63) is 53.1 Å². The van der Waals surface area contributed by atoms with E-state index in [1.165, 1.54) is 5.56 Å². The van der Waals surface area contributed by atoms with Crippen LogP contribution in [0.4, 0.5) is 5.69 Å². The molecule has 0 saturated carbocycles. The smallest absolute Gasteiger partial charge is 0.171 e. The monoisotopic (exact) mass is 358 g/mol. The van der Waals surface area contributed by atoms with E-state index < -0.39 is 0 Å². The van der Waals surface area contributed by atoms with E-state index in [0.29, 0.717) is 10.9 Å². The molecule has 2 rings (SSSR count). The SMILES string of the molecule is CC[C@H](NC(=S)Nc1cc(C)ccc1C)c1ccc(OC)c(OC)c1. The summed E-state index contributed by atoms with van der Waals surface area (Å²) >= 11 is 5.51. The Hall–Kier alpha value is -2.27. The number of hydrogen-bond donors (Lipinski definition) is 2. The molecule has 0 saturated heterocycles. The van der Waals surface area contributed by atoms with Crippen molar-refractivity contribution in [2.45, 2.75) is 33.2 Å². The minimum absolute atomic E-state index is 0.0879. The highest BCUT2D eigenvalue weighted by molar-refractivity contribution is 7.80. The quantitative estimate of drug-likeness (QED) is 0.729. The van der Waals surface area contributed by atoms with Gasteiger partial charge in [-0.1, -0.05) is 25.1 Å². The summed E-state index contributed by atoms with van der Waals surface area (Å²) in [7, 11) is 3.28. The van der Waals surface area contributed by atoms with Gasteiger partial charge in [-0.3, -0.25) is 0 Å². The van der Waals surface area contributed by atoms with Crippen molar-refractivity contribution >= 4 is 23.0 Å². The lowest BCUT2D eigenvalue weighted by Crippen LogP contribution is -2.32. The summed E-state index contributed by atoms with van der Waals surface area (Å²) in [5, 5.41) is 7.30. The molecule has 1 atom stereocenters. The molecule has 0 unspecified atom stereocenters. The number of ether oxygens (including phenoxy) is 2. The molecule has 0 aliphatic carbocycles. The normalized spacial score (nSPS) is 11.6. The van der Waals surface area contributed by atoms with E-state index in [1.807, 2.05) is 18.2 Å². The van der Waals surface area contributed by atoms with E-state index in [-0.39, 0.29) is 6.04 Å². The Kier molecular flexibility index (Phi) is 6.65. The Morgan fingerprint density at radius 2 is 1.76 bits per heavy atom. The first-order chi connectivity index (χ1) is 12.0. The largest absolute Gasteiger partial charge is 0.493 e. The summed E-state index contributed by atoms with van der Waals surface area (Å²) in [5.41, 5.74) is 4.49. The number of aryl methyl sites for hydroxylation is 2. The van der Waals surface area contributed by atoms with E-state index in [2.05, 4.69) is 49.6 Å². The van der Waals surface area contributed by atoms with Crippen LogP contribution in [0.15, 0.2) is 36.4 Å². The molecule has 0 amide bonds. The Labute approximate surface area is 155 Å². The molecular weight excluding hydrogens is 332 g/mol. The van der Waals surface area contributed by atoms with Gasteiger partial charge < -0.3 is 20.1 Å². The van der Waals surface area contributed by atoms with Crippen LogP contribution >= 0.6 is 12.2 Å². The van der Waals surface area contributed by atoms with Crippen LogP contribution in [0, 0.1) is 13.8 Å². The van der Waals surface area contributed by atoms with E-state index in [4.69, 9.17) is 21.7 Å². The molecule has 0 heterocycles. The molecule has 0 bridgehead atoms. The molecule has 0 fully saturated rings. The second kappa shape index (κ2) is 8.72. The van der Waals surface area contributed by atoms with Gasteiger partial charge in [0, 0.05) is 5.69 Å². The van der Waals surface area contributed by atoms with Crippen molar-refractivity contribution < 1.29 is 9.47 Å². The number of hydrogen-bond acceptors (Lipinski definition) is 3. The highest BCUT2D eigenvalue weighted by atomic mass is 32.1. The number of rotatable bonds is 6. The Balaban J connectivity index is 2.13. The van der Waals surface area contributed by atoms with Gasteiger partial charge >= 0.3 is 0 Å². The summed E-state index contributed by atoms with van der Waals surface area (Å²) in [6, 6.07) is 12.3. The maximum absolute atomic E-state index is 5.51. The zero-order valence-corrected chi connectivity index (χ0v) is 16.3. The van der Waals surface area contributed by atoms with Crippen molar-refractivity contribution in [3.63, 3.8) is 0 Å². The lowest BCUT2D eigenvalue weighted by atomic mass is 10.0. The van der Waals surface area contributed by atoms with Crippen LogP contribution in [0.2, 0.25) is 0 Å². The Morgan fingerprint density at radius 3 is 2.40 bits per heavy atom. The van der Waals surface area contributed by atoms with Gasteiger partial charge in [-0.05, 0) is 67.4 Å². The summed E-state index contributed by atoms with van der Waals surface area (Å²) in [4.78, 5) is 0. The number of anilines is 1. The van der Waals surface area contributed by atoms with Crippen molar-refractivity contribution in [2.24, 2.45) is 0 Å². The van der Waals surface area contributed by atoms with E-state index in [9.17, 15) is 0 Å². The first-order valence-electron chi connectivity index (χ1n) is 8.35. The molecule has 0 radical (unpaired) electrons. The summed E-state index contributed by atoms with van der Waals surface area (Å²) < 4.78 is 10.7. The van der Waals surface area contributed by atoms with Crippen molar-refractivity contribution in [2.75, 3.05) is 19.5 Å². The fourth-order valence-electron chi connectivity index (χ4n) is 2.68. The van der Waals surface area contributed by atoms with Gasteiger partial charge in [-0.2, -0.15) is 0 Å². The van der Waals surface area contributed by atoms with E-state index in [1.54, 1.807) is 14.2 Å². The number of nitrogens with one attached hydrogen (secondary N) is 2. The topological polar surface area (TPSA) is 42.5 Å². The van der Waals surface area contributed by atoms with Crippen molar-refractivity contribution in [1.82, 2.24) is 5.32 Å². The molecule has 2 aromatic rings. The molecular formula is C20H26N2O2S. The van der Waals surface area contributed by atoms with E-state index >= 15 is 0 Å². The highest BCUT2D eigenvalue weighted by Gasteiger charge is 2.14. The highest BCUT2D eigenvalue weighted by Crippen LogP contribution is 2.31. The first kappa shape index (κ1) is 19.1. The fourth-order valence-corrected chi connectivity index (χ4v) is 2.93. The summed E-state index contributed by atoms with van der Waals surface area (Å²) in [6.07, 6.45) is 0.893. The first-order valence-corrected chi connectivity index (χ1v) is 8.76. The second-order valence-corrected chi connectivity index (χ2v) is 6.40. The zero-order chi connectivity index (χ0) is 18.4. The molecule has 0 aliphatic rings. The number of benzene rings is 2. The lowest BCUT2D eigenvalue weighted by molar-refractivity contribution is 0.354. The van der Waals surface area contributed by atoms with Crippen LogP contribution < -0.4 is 20.1 Å². The molecule has 5 heteroatoms. The Bertz CT molecular complexity index is 746. The van der Waals surface area contributed by atoms with Gasteiger partial charge in [0.15, 0.2) is 16.6 Å². The summed E-state index contributed by atoms with van der Waals surface area (Å²) in [5.74, 6) is 1.44. The second-order valence-electron chi connectivity index (χ2n) is 5.99. The molecule has 0 aliphatic heterocycles. The maximum atomic E-state index is 5.51. The van der Waals surface area contributed by atoms with Crippen LogP contribution in [0.1, 0.15) is 36.1 Å². The summed E-state index contributed by atoms with van der Waals surface area (Å²) in [6.45, 7) is 6.25. The number of thiocarbonyl (C=S) groups is 1. The molecule has 2 aromatic carbocycles. The molecule has 134 valence electrons. The average molecular weight is 359 g/mol. The molecule has 0 aromatic heterocycles. The number of methoxy groups -OCH3 is 2. The minimum atomic E-state index is 0.0879. The Morgan fingerprint density at radius 1 is 1.04 bits per heavy atom. The molecule has 0 spiro atoms.